The van der Waals surface area contributed by atoms with E-state index in [0.717, 1.165) is 19.4 Å². The van der Waals surface area contributed by atoms with Crippen LogP contribution in [0.25, 0.3) is 32.8 Å². The molecule has 10 heteroatoms. The van der Waals surface area contributed by atoms with Gasteiger partial charge in [-0.3, -0.25) is 4.90 Å². The van der Waals surface area contributed by atoms with Crippen molar-refractivity contribution in [3.8, 4) is 41.3 Å². The van der Waals surface area contributed by atoms with E-state index in [1.807, 2.05) is 4.90 Å². The third kappa shape index (κ3) is 4.09. The molecule has 0 radical (unpaired) electrons. The monoisotopic (exact) mass is 569 g/mol. The molecule has 0 saturated carbocycles. The van der Waals surface area contributed by atoms with E-state index in [4.69, 9.17) is 11.2 Å². The summed E-state index contributed by atoms with van der Waals surface area (Å²) in [5.74, 6) is 1.12. The van der Waals surface area contributed by atoms with Gasteiger partial charge in [0.15, 0.2) is 5.82 Å². The first-order valence-corrected chi connectivity index (χ1v) is 13.9. The zero-order valence-corrected chi connectivity index (χ0v) is 22.6. The lowest BCUT2D eigenvalue weighted by Gasteiger charge is -2.37. The Morgan fingerprint density at radius 1 is 1.12 bits per heavy atom. The van der Waals surface area contributed by atoms with E-state index in [1.54, 1.807) is 6.07 Å². The molecule has 0 unspecified atom stereocenters. The fourth-order valence-corrected chi connectivity index (χ4v) is 6.80. The van der Waals surface area contributed by atoms with E-state index in [9.17, 15) is 19.1 Å². The molecule has 4 heterocycles. The molecule has 42 heavy (non-hydrogen) atoms. The molecule has 1 N–H and O–H groups in total. The number of nitriles is 1. The fourth-order valence-electron chi connectivity index (χ4n) is 6.80. The van der Waals surface area contributed by atoms with Crippen LogP contribution in [0.5, 0.6) is 11.8 Å². The number of phenolic OH excluding ortho intramolecular Hbond substituents is 1. The smallest absolute Gasteiger partial charge is 0.319 e. The highest BCUT2D eigenvalue weighted by atomic mass is 19.1. The molecule has 0 bridgehead atoms. The maximum absolute atomic E-state index is 16.5. The molecule has 7 rings (SSSR count). The van der Waals surface area contributed by atoms with Gasteiger partial charge in [-0.2, -0.15) is 15.2 Å². The summed E-state index contributed by atoms with van der Waals surface area (Å²) in [5.41, 5.74) is -0.235. The van der Waals surface area contributed by atoms with Gasteiger partial charge in [0.2, 0.25) is 0 Å². The van der Waals surface area contributed by atoms with Gasteiger partial charge in [-0.05, 0) is 54.6 Å². The summed E-state index contributed by atoms with van der Waals surface area (Å²) in [6.07, 6.45) is 6.81. The van der Waals surface area contributed by atoms with Gasteiger partial charge in [0.1, 0.15) is 35.7 Å². The lowest BCUT2D eigenvalue weighted by atomic mass is 9.93. The van der Waals surface area contributed by atoms with Crippen LogP contribution >= 0.6 is 0 Å². The second-order valence-electron chi connectivity index (χ2n) is 11.4. The number of benzene rings is 3. The number of aromatic hydroxyl groups is 1. The predicted octanol–water partition coefficient (Wildman–Crippen LogP) is 5.33. The van der Waals surface area contributed by atoms with Crippen LogP contribution in [0.2, 0.25) is 0 Å². The molecule has 0 amide bonds. The number of alkyl halides is 1. The topological polar surface area (TPSA) is 85.5 Å². The van der Waals surface area contributed by atoms with Crippen LogP contribution in [0.3, 0.4) is 0 Å². The predicted molar refractivity (Wildman–Crippen MR) is 152 cm³/mol. The summed E-state index contributed by atoms with van der Waals surface area (Å²) in [6, 6.07) is 10.9. The number of hydrogen-bond donors (Lipinski definition) is 1. The van der Waals surface area contributed by atoms with E-state index in [0.29, 0.717) is 48.0 Å². The van der Waals surface area contributed by atoms with E-state index in [-0.39, 0.29) is 46.5 Å². The van der Waals surface area contributed by atoms with Gasteiger partial charge >= 0.3 is 6.01 Å². The molecular formula is C32H26F3N5O2. The minimum absolute atomic E-state index is 0.0290. The van der Waals surface area contributed by atoms with Crippen molar-refractivity contribution in [3.63, 3.8) is 0 Å². The van der Waals surface area contributed by atoms with Crippen LogP contribution in [-0.4, -0.2) is 64.5 Å². The van der Waals surface area contributed by atoms with Gasteiger partial charge in [0.05, 0.1) is 23.1 Å². The SMILES string of the molecule is C#Cc1c(F)ccc2cc(O)cc(-c3ccc4c(N5CC(C#N)C5)nc(OC[C@@]56CCCN5C[C@H](F)C6)nc4c3F)c12. The van der Waals surface area contributed by atoms with Crippen molar-refractivity contribution < 1.29 is 23.0 Å². The minimum atomic E-state index is -0.930. The van der Waals surface area contributed by atoms with Crippen LogP contribution in [0, 0.1) is 41.2 Å². The Morgan fingerprint density at radius 3 is 2.74 bits per heavy atom. The molecule has 212 valence electrons. The number of halogens is 3. The molecular weight excluding hydrogens is 543 g/mol. The van der Waals surface area contributed by atoms with Gasteiger partial charge in [-0.15, -0.1) is 6.42 Å². The maximum Gasteiger partial charge on any atom is 0.319 e. The van der Waals surface area contributed by atoms with Crippen LogP contribution < -0.4 is 9.64 Å². The first-order chi connectivity index (χ1) is 20.3. The van der Waals surface area contributed by atoms with Crippen molar-refractivity contribution in [2.45, 2.75) is 31.0 Å². The highest BCUT2D eigenvalue weighted by molar-refractivity contribution is 6.04. The zero-order valence-electron chi connectivity index (χ0n) is 22.6. The van der Waals surface area contributed by atoms with Gasteiger partial charge in [-0.25, -0.2) is 13.2 Å². The van der Waals surface area contributed by atoms with Crippen LogP contribution in [0.1, 0.15) is 24.8 Å². The number of phenols is 1. The highest BCUT2D eigenvalue weighted by Gasteiger charge is 2.49. The maximum atomic E-state index is 16.5. The number of nitrogens with zero attached hydrogens (tertiary/aromatic N) is 5. The largest absolute Gasteiger partial charge is 0.508 e. The average Bonchev–Trinajstić information content (AvgIpc) is 3.47. The van der Waals surface area contributed by atoms with Crippen molar-refractivity contribution in [3.05, 3.63) is 53.6 Å². The van der Waals surface area contributed by atoms with Crippen LogP contribution in [0.15, 0.2) is 36.4 Å². The third-order valence-corrected chi connectivity index (χ3v) is 8.85. The number of rotatable bonds is 5. The Labute approximate surface area is 240 Å². The van der Waals surface area contributed by atoms with Crippen LogP contribution in [0.4, 0.5) is 19.0 Å². The molecule has 3 aliphatic rings. The molecule has 3 saturated heterocycles. The Bertz CT molecular complexity index is 1840. The molecule has 3 aliphatic heterocycles. The van der Waals surface area contributed by atoms with Gasteiger partial charge in [-0.1, -0.05) is 18.1 Å². The Morgan fingerprint density at radius 2 is 1.95 bits per heavy atom. The summed E-state index contributed by atoms with van der Waals surface area (Å²) in [7, 11) is 0. The highest BCUT2D eigenvalue weighted by Crippen LogP contribution is 2.42. The fraction of sp³-hybridized carbons (Fsp3) is 0.344. The number of fused-ring (bicyclic) bond motifs is 3. The summed E-state index contributed by atoms with van der Waals surface area (Å²) in [5, 5.41) is 20.9. The average molecular weight is 570 g/mol. The van der Waals surface area contributed by atoms with Crippen molar-refractivity contribution in [2.75, 3.05) is 37.7 Å². The molecule has 1 aromatic heterocycles. The standard InChI is InChI=1S/C32H26F3N5O2/c1-2-22-26(34)7-4-19-10-21(41)11-25(27(19)22)23-5-6-24-29(28(23)35)37-31(38-30(24)39-14-18(13-36)15-39)42-17-32-8-3-9-40(32)16-20(33)12-32/h1,4-7,10-11,18,20,41H,3,8-9,12,14-17H2/t20-,32+/m1/s1. The molecule has 0 spiro atoms. The van der Waals surface area contributed by atoms with Crippen molar-refractivity contribution in [2.24, 2.45) is 5.92 Å². The number of hydrogen-bond acceptors (Lipinski definition) is 7. The number of anilines is 1. The molecule has 7 nitrogen and oxygen atoms in total. The Kier molecular flexibility index (Phi) is 6.14. The molecule has 0 aliphatic carbocycles. The van der Waals surface area contributed by atoms with E-state index in [2.05, 4.69) is 26.9 Å². The molecule has 2 atom stereocenters. The first kappa shape index (κ1) is 26.4. The lowest BCUT2D eigenvalue weighted by Crippen LogP contribution is -2.46. The van der Waals surface area contributed by atoms with E-state index >= 15 is 4.39 Å². The second kappa shape index (κ2) is 9.78. The third-order valence-electron chi connectivity index (χ3n) is 8.85. The van der Waals surface area contributed by atoms with Crippen LogP contribution in [-0.2, 0) is 0 Å². The van der Waals surface area contributed by atoms with Crippen molar-refractivity contribution >= 4 is 27.5 Å². The molecule has 4 aromatic rings. The second-order valence-corrected chi connectivity index (χ2v) is 11.4. The first-order valence-electron chi connectivity index (χ1n) is 13.9. The minimum Gasteiger partial charge on any atom is -0.508 e. The number of terminal acetylenes is 1. The van der Waals surface area contributed by atoms with Crippen molar-refractivity contribution in [1.82, 2.24) is 14.9 Å². The quantitative estimate of drug-likeness (QED) is 0.325. The number of aromatic nitrogens is 2. The molecule has 3 aromatic carbocycles. The number of ether oxygens (including phenoxy) is 1. The summed E-state index contributed by atoms with van der Waals surface area (Å²) in [4.78, 5) is 13.1. The normalized spacial score (nSPS) is 22.2. The Balaban J connectivity index is 1.37. The Hall–Kier alpha value is -4.54. The van der Waals surface area contributed by atoms with Gasteiger partial charge < -0.3 is 14.7 Å². The van der Waals surface area contributed by atoms with E-state index < -0.39 is 23.3 Å². The van der Waals surface area contributed by atoms with Gasteiger partial charge in [0, 0.05) is 42.4 Å². The van der Waals surface area contributed by atoms with E-state index in [1.165, 1.54) is 30.3 Å². The lowest BCUT2D eigenvalue weighted by molar-refractivity contribution is 0.107. The molecule has 3 fully saturated rings. The zero-order chi connectivity index (χ0) is 29.2. The summed E-state index contributed by atoms with van der Waals surface area (Å²) >= 11 is 0. The summed E-state index contributed by atoms with van der Waals surface area (Å²) < 4.78 is 51.7. The van der Waals surface area contributed by atoms with Gasteiger partial charge in [0.25, 0.3) is 0 Å². The van der Waals surface area contributed by atoms with Crippen molar-refractivity contribution in [1.29, 1.82) is 5.26 Å². The summed E-state index contributed by atoms with van der Waals surface area (Å²) in [6.45, 7) is 2.19.